The molecule has 100 valence electrons. The van der Waals surface area contributed by atoms with E-state index in [0.29, 0.717) is 5.82 Å². The Labute approximate surface area is 121 Å². The molecule has 3 N–H and O–H groups in total. The molecule has 0 unspecified atom stereocenters. The Kier molecular flexibility index (Phi) is 4.04. The second-order valence-electron chi connectivity index (χ2n) is 4.46. The Bertz CT molecular complexity index is 611. The first-order chi connectivity index (χ1) is 9.01. The van der Waals surface area contributed by atoms with Gasteiger partial charge in [-0.1, -0.05) is 13.0 Å². The predicted octanol–water partition coefficient (Wildman–Crippen LogP) is 3.74. The number of hydrogen-bond acceptors (Lipinski definition) is 4. The smallest absolute Gasteiger partial charge is 0.139 e. The molecular weight excluding hydrogens is 304 g/mol. The molecule has 0 saturated carbocycles. The van der Waals surface area contributed by atoms with Gasteiger partial charge in [0.15, 0.2) is 0 Å². The monoisotopic (exact) mass is 320 g/mol. The Balaban J connectivity index is 2.40. The van der Waals surface area contributed by atoms with Crippen LogP contribution in [0.5, 0.6) is 0 Å². The van der Waals surface area contributed by atoms with Gasteiger partial charge in [0.2, 0.25) is 0 Å². The second-order valence-corrected chi connectivity index (χ2v) is 5.31. The van der Waals surface area contributed by atoms with Gasteiger partial charge >= 0.3 is 0 Å². The van der Waals surface area contributed by atoms with E-state index < -0.39 is 0 Å². The van der Waals surface area contributed by atoms with Gasteiger partial charge in [-0.2, -0.15) is 0 Å². The van der Waals surface area contributed by atoms with Crippen LogP contribution in [0.25, 0.3) is 0 Å². The number of nitrogens with one attached hydrogen (secondary N) is 1. The normalized spacial score (nSPS) is 10.5. The maximum absolute atomic E-state index is 5.91. The maximum atomic E-state index is 5.91. The molecule has 1 aromatic carbocycles. The minimum atomic E-state index is 0.526. The first-order valence-electron chi connectivity index (χ1n) is 6.17. The summed E-state index contributed by atoms with van der Waals surface area (Å²) in [7, 11) is 0. The van der Waals surface area contributed by atoms with Crippen molar-refractivity contribution in [3.63, 3.8) is 0 Å². The number of hydrogen-bond donors (Lipinski definition) is 2. The number of aromatic nitrogens is 2. The summed E-state index contributed by atoms with van der Waals surface area (Å²) in [5, 5.41) is 3.31. The zero-order chi connectivity index (χ0) is 14.0. The van der Waals surface area contributed by atoms with Crippen LogP contribution in [-0.2, 0) is 6.42 Å². The fraction of sp³-hybridized carbons (Fsp3) is 0.286. The molecule has 0 fully saturated rings. The molecule has 0 saturated heterocycles. The van der Waals surface area contributed by atoms with E-state index in [2.05, 4.69) is 44.2 Å². The minimum absolute atomic E-state index is 0.526. The Morgan fingerprint density at radius 2 is 2.00 bits per heavy atom. The van der Waals surface area contributed by atoms with Gasteiger partial charge in [0, 0.05) is 16.5 Å². The molecule has 2 rings (SSSR count). The van der Waals surface area contributed by atoms with E-state index in [1.165, 1.54) is 5.56 Å². The molecular formula is C14H17BrN4. The fourth-order valence-corrected chi connectivity index (χ4v) is 2.30. The predicted molar refractivity (Wildman–Crippen MR) is 82.7 cm³/mol. The SMILES string of the molecule is CCc1nc(N)c(C)c(Nc2ccc(C)cc2Br)n1. The lowest BCUT2D eigenvalue weighted by Gasteiger charge is -2.13. The van der Waals surface area contributed by atoms with E-state index in [9.17, 15) is 0 Å². The maximum Gasteiger partial charge on any atom is 0.139 e. The van der Waals surface area contributed by atoms with Crippen molar-refractivity contribution >= 4 is 33.3 Å². The molecule has 0 amide bonds. The van der Waals surface area contributed by atoms with E-state index in [-0.39, 0.29) is 0 Å². The quantitative estimate of drug-likeness (QED) is 0.904. The average molecular weight is 321 g/mol. The third kappa shape index (κ3) is 3.04. The van der Waals surface area contributed by atoms with E-state index in [4.69, 9.17) is 5.73 Å². The highest BCUT2D eigenvalue weighted by molar-refractivity contribution is 9.10. The highest BCUT2D eigenvalue weighted by Crippen LogP contribution is 2.28. The largest absolute Gasteiger partial charge is 0.383 e. The molecule has 0 aliphatic heterocycles. The molecule has 1 aromatic heterocycles. The summed E-state index contributed by atoms with van der Waals surface area (Å²) in [6.07, 6.45) is 0.758. The summed E-state index contributed by atoms with van der Waals surface area (Å²) in [4.78, 5) is 8.73. The van der Waals surface area contributed by atoms with Crippen molar-refractivity contribution in [2.75, 3.05) is 11.1 Å². The molecule has 2 aromatic rings. The van der Waals surface area contributed by atoms with Crippen LogP contribution < -0.4 is 11.1 Å². The number of aryl methyl sites for hydroxylation is 2. The van der Waals surface area contributed by atoms with Crippen LogP contribution in [0.1, 0.15) is 23.9 Å². The highest BCUT2D eigenvalue weighted by Gasteiger charge is 2.09. The summed E-state index contributed by atoms with van der Waals surface area (Å²) < 4.78 is 1.00. The lowest BCUT2D eigenvalue weighted by Crippen LogP contribution is -2.06. The van der Waals surface area contributed by atoms with Crippen molar-refractivity contribution in [3.8, 4) is 0 Å². The molecule has 4 nitrogen and oxygen atoms in total. The van der Waals surface area contributed by atoms with Crippen molar-refractivity contribution in [2.24, 2.45) is 0 Å². The van der Waals surface area contributed by atoms with E-state index in [0.717, 1.165) is 33.8 Å². The summed E-state index contributed by atoms with van der Waals surface area (Å²) in [6, 6.07) is 6.12. The molecule has 19 heavy (non-hydrogen) atoms. The van der Waals surface area contributed by atoms with Gasteiger partial charge in [-0.3, -0.25) is 0 Å². The minimum Gasteiger partial charge on any atom is -0.383 e. The summed E-state index contributed by atoms with van der Waals surface area (Å²) >= 11 is 3.55. The molecule has 1 heterocycles. The summed E-state index contributed by atoms with van der Waals surface area (Å²) in [5.41, 5.74) is 8.94. The lowest BCUT2D eigenvalue weighted by atomic mass is 10.2. The number of rotatable bonds is 3. The zero-order valence-electron chi connectivity index (χ0n) is 11.3. The van der Waals surface area contributed by atoms with Crippen LogP contribution in [0.4, 0.5) is 17.3 Å². The van der Waals surface area contributed by atoms with Crippen LogP contribution in [0, 0.1) is 13.8 Å². The number of nitrogen functional groups attached to an aromatic ring is 1. The van der Waals surface area contributed by atoms with Crippen LogP contribution in [0.3, 0.4) is 0 Å². The van der Waals surface area contributed by atoms with Gasteiger partial charge in [-0.25, -0.2) is 9.97 Å². The van der Waals surface area contributed by atoms with Gasteiger partial charge in [0.25, 0.3) is 0 Å². The summed E-state index contributed by atoms with van der Waals surface area (Å²) in [5.74, 6) is 2.03. The van der Waals surface area contributed by atoms with Crippen molar-refractivity contribution in [3.05, 3.63) is 39.6 Å². The van der Waals surface area contributed by atoms with Gasteiger partial charge in [0.1, 0.15) is 17.5 Å². The first kappa shape index (κ1) is 13.8. The first-order valence-corrected chi connectivity index (χ1v) is 6.96. The Morgan fingerprint density at radius 1 is 1.26 bits per heavy atom. The van der Waals surface area contributed by atoms with E-state index >= 15 is 0 Å². The molecule has 0 aliphatic rings. The van der Waals surface area contributed by atoms with Gasteiger partial charge in [-0.15, -0.1) is 0 Å². The van der Waals surface area contributed by atoms with Crippen molar-refractivity contribution < 1.29 is 0 Å². The Morgan fingerprint density at radius 3 is 2.63 bits per heavy atom. The number of halogens is 1. The highest BCUT2D eigenvalue weighted by atomic mass is 79.9. The molecule has 0 spiro atoms. The van der Waals surface area contributed by atoms with Crippen LogP contribution >= 0.6 is 15.9 Å². The molecule has 0 aliphatic carbocycles. The fourth-order valence-electron chi connectivity index (χ4n) is 1.71. The zero-order valence-corrected chi connectivity index (χ0v) is 12.9. The van der Waals surface area contributed by atoms with Gasteiger partial charge < -0.3 is 11.1 Å². The van der Waals surface area contributed by atoms with E-state index in [1.807, 2.05) is 26.0 Å². The molecule has 0 bridgehead atoms. The topological polar surface area (TPSA) is 63.8 Å². The molecule has 5 heteroatoms. The Hall–Kier alpha value is -1.62. The lowest BCUT2D eigenvalue weighted by molar-refractivity contribution is 0.940. The number of anilines is 3. The van der Waals surface area contributed by atoms with Crippen LogP contribution in [-0.4, -0.2) is 9.97 Å². The van der Waals surface area contributed by atoms with Gasteiger partial charge in [-0.05, 0) is 47.5 Å². The molecule has 0 atom stereocenters. The number of benzene rings is 1. The average Bonchev–Trinajstić information content (AvgIpc) is 2.37. The third-order valence-corrected chi connectivity index (χ3v) is 3.58. The van der Waals surface area contributed by atoms with Crippen molar-refractivity contribution in [1.29, 1.82) is 0 Å². The van der Waals surface area contributed by atoms with E-state index in [1.54, 1.807) is 0 Å². The van der Waals surface area contributed by atoms with Crippen LogP contribution in [0.15, 0.2) is 22.7 Å². The van der Waals surface area contributed by atoms with Crippen LogP contribution in [0.2, 0.25) is 0 Å². The number of nitrogens with two attached hydrogens (primary N) is 1. The standard InChI is InChI=1S/C14H17BrN4/c1-4-12-18-13(16)9(3)14(19-12)17-11-6-5-8(2)7-10(11)15/h5-7H,4H2,1-3H3,(H3,16,17,18,19). The van der Waals surface area contributed by atoms with Gasteiger partial charge in [0.05, 0.1) is 5.69 Å². The van der Waals surface area contributed by atoms with Crippen molar-refractivity contribution in [2.45, 2.75) is 27.2 Å². The summed E-state index contributed by atoms with van der Waals surface area (Å²) in [6.45, 7) is 5.98. The number of nitrogens with zero attached hydrogens (tertiary/aromatic N) is 2. The molecule has 0 radical (unpaired) electrons. The second kappa shape index (κ2) is 5.57. The van der Waals surface area contributed by atoms with Crippen molar-refractivity contribution in [1.82, 2.24) is 9.97 Å². The third-order valence-electron chi connectivity index (χ3n) is 2.92.